The number of hydrogen-bond donors (Lipinski definition) is 2. The van der Waals surface area contributed by atoms with Crippen molar-refractivity contribution in [1.29, 1.82) is 0 Å². The minimum absolute atomic E-state index is 0.0481. The van der Waals surface area contributed by atoms with Crippen molar-refractivity contribution in [3.05, 3.63) is 59.7 Å². The number of amides is 1. The summed E-state index contributed by atoms with van der Waals surface area (Å²) in [5.74, 6) is -0.0481. The molecule has 19 heavy (non-hydrogen) atoms. The van der Waals surface area contributed by atoms with Gasteiger partial charge in [0.25, 0.3) is 0 Å². The van der Waals surface area contributed by atoms with E-state index in [0.717, 1.165) is 23.5 Å². The highest BCUT2D eigenvalue weighted by molar-refractivity contribution is 5.89. The average molecular weight is 254 g/mol. The SMILES string of the molecule is CC(=O)Nc1ccc(NCc2ccccc2)cc1C. The van der Waals surface area contributed by atoms with Crippen LogP contribution in [0.4, 0.5) is 11.4 Å². The molecule has 0 unspecified atom stereocenters. The van der Waals surface area contributed by atoms with Gasteiger partial charge in [-0.1, -0.05) is 30.3 Å². The Hall–Kier alpha value is -2.29. The molecule has 0 saturated heterocycles. The van der Waals surface area contributed by atoms with Crippen LogP contribution in [-0.4, -0.2) is 5.91 Å². The summed E-state index contributed by atoms with van der Waals surface area (Å²) in [6, 6.07) is 16.2. The number of carbonyl (C=O) groups is 1. The molecule has 0 heterocycles. The lowest BCUT2D eigenvalue weighted by molar-refractivity contribution is -0.114. The molecule has 0 aliphatic rings. The third-order valence-electron chi connectivity index (χ3n) is 2.88. The van der Waals surface area contributed by atoms with Crippen LogP contribution in [0.2, 0.25) is 0 Å². The highest BCUT2D eigenvalue weighted by Gasteiger charge is 2.01. The second-order valence-corrected chi connectivity index (χ2v) is 4.55. The maximum atomic E-state index is 11.0. The van der Waals surface area contributed by atoms with Crippen molar-refractivity contribution in [2.75, 3.05) is 10.6 Å². The van der Waals surface area contributed by atoms with Crippen LogP contribution in [-0.2, 0) is 11.3 Å². The Bertz CT molecular complexity index is 564. The van der Waals surface area contributed by atoms with Crippen molar-refractivity contribution in [2.24, 2.45) is 0 Å². The molecule has 0 spiro atoms. The van der Waals surface area contributed by atoms with Crippen LogP contribution in [0.5, 0.6) is 0 Å². The first-order valence-electron chi connectivity index (χ1n) is 6.31. The van der Waals surface area contributed by atoms with Crippen molar-refractivity contribution in [2.45, 2.75) is 20.4 Å². The van der Waals surface area contributed by atoms with Gasteiger partial charge >= 0.3 is 0 Å². The standard InChI is InChI=1S/C16H18N2O/c1-12-10-15(8-9-16(12)18-13(2)19)17-11-14-6-4-3-5-7-14/h3-10,17H,11H2,1-2H3,(H,18,19). The normalized spacial score (nSPS) is 10.0. The first kappa shape index (κ1) is 13.1. The van der Waals surface area contributed by atoms with Crippen LogP contribution in [0.25, 0.3) is 0 Å². The topological polar surface area (TPSA) is 41.1 Å². The second kappa shape index (κ2) is 6.05. The van der Waals surface area contributed by atoms with E-state index < -0.39 is 0 Å². The average Bonchev–Trinajstić information content (AvgIpc) is 2.40. The summed E-state index contributed by atoms with van der Waals surface area (Å²) in [5, 5.41) is 6.18. The minimum atomic E-state index is -0.0481. The number of nitrogens with one attached hydrogen (secondary N) is 2. The van der Waals surface area contributed by atoms with E-state index in [-0.39, 0.29) is 5.91 Å². The zero-order valence-electron chi connectivity index (χ0n) is 11.2. The maximum absolute atomic E-state index is 11.0. The molecule has 0 aliphatic heterocycles. The van der Waals surface area contributed by atoms with Crippen LogP contribution in [0.3, 0.4) is 0 Å². The van der Waals surface area contributed by atoms with E-state index in [1.807, 2.05) is 43.3 Å². The van der Waals surface area contributed by atoms with Gasteiger partial charge in [-0.25, -0.2) is 0 Å². The molecule has 3 heteroatoms. The van der Waals surface area contributed by atoms with Crippen LogP contribution in [0, 0.1) is 6.92 Å². The molecule has 2 rings (SSSR count). The van der Waals surface area contributed by atoms with Crippen molar-refractivity contribution in [3.8, 4) is 0 Å². The van der Waals surface area contributed by atoms with Crippen LogP contribution < -0.4 is 10.6 Å². The van der Waals surface area contributed by atoms with Gasteiger partial charge in [0.2, 0.25) is 5.91 Å². The summed E-state index contributed by atoms with van der Waals surface area (Å²) >= 11 is 0. The van der Waals surface area contributed by atoms with Gasteiger partial charge in [-0.05, 0) is 36.2 Å². The van der Waals surface area contributed by atoms with E-state index in [0.29, 0.717) is 0 Å². The van der Waals surface area contributed by atoms with Crippen LogP contribution in [0.1, 0.15) is 18.1 Å². The fourth-order valence-corrected chi connectivity index (χ4v) is 1.90. The predicted molar refractivity (Wildman–Crippen MR) is 79.3 cm³/mol. The van der Waals surface area contributed by atoms with Crippen molar-refractivity contribution in [3.63, 3.8) is 0 Å². The van der Waals surface area contributed by atoms with E-state index in [9.17, 15) is 4.79 Å². The Kier molecular flexibility index (Phi) is 4.18. The summed E-state index contributed by atoms with van der Waals surface area (Å²) < 4.78 is 0. The molecule has 0 fully saturated rings. The van der Waals surface area contributed by atoms with E-state index in [1.165, 1.54) is 12.5 Å². The third-order valence-corrected chi connectivity index (χ3v) is 2.88. The van der Waals surface area contributed by atoms with Gasteiger partial charge in [-0.3, -0.25) is 4.79 Å². The highest BCUT2D eigenvalue weighted by atomic mass is 16.1. The summed E-state index contributed by atoms with van der Waals surface area (Å²) in [7, 11) is 0. The molecule has 0 bridgehead atoms. The molecule has 2 aromatic carbocycles. The summed E-state index contributed by atoms with van der Waals surface area (Å²) in [6.45, 7) is 4.29. The van der Waals surface area contributed by atoms with Crippen LogP contribution in [0.15, 0.2) is 48.5 Å². The van der Waals surface area contributed by atoms with Gasteiger partial charge in [-0.2, -0.15) is 0 Å². The van der Waals surface area contributed by atoms with Crippen molar-refractivity contribution < 1.29 is 4.79 Å². The first-order valence-corrected chi connectivity index (χ1v) is 6.31. The fraction of sp³-hybridized carbons (Fsp3) is 0.188. The number of benzene rings is 2. The zero-order chi connectivity index (χ0) is 13.7. The van der Waals surface area contributed by atoms with Gasteiger partial charge in [-0.15, -0.1) is 0 Å². The quantitative estimate of drug-likeness (QED) is 0.875. The molecule has 3 nitrogen and oxygen atoms in total. The lowest BCUT2D eigenvalue weighted by Crippen LogP contribution is -2.07. The van der Waals surface area contributed by atoms with E-state index >= 15 is 0 Å². The second-order valence-electron chi connectivity index (χ2n) is 4.55. The Balaban J connectivity index is 2.02. The number of hydrogen-bond acceptors (Lipinski definition) is 2. The number of rotatable bonds is 4. The minimum Gasteiger partial charge on any atom is -0.381 e. The summed E-state index contributed by atoms with van der Waals surface area (Å²) in [6.07, 6.45) is 0. The smallest absolute Gasteiger partial charge is 0.221 e. The van der Waals surface area contributed by atoms with Gasteiger partial charge in [0.1, 0.15) is 0 Å². The number of carbonyl (C=O) groups excluding carboxylic acids is 1. The Morgan fingerprint density at radius 2 is 1.84 bits per heavy atom. The van der Waals surface area contributed by atoms with E-state index in [1.54, 1.807) is 0 Å². The van der Waals surface area contributed by atoms with Crippen molar-refractivity contribution in [1.82, 2.24) is 0 Å². The monoisotopic (exact) mass is 254 g/mol. The highest BCUT2D eigenvalue weighted by Crippen LogP contribution is 2.20. The molecule has 0 radical (unpaired) electrons. The summed E-state index contributed by atoms with van der Waals surface area (Å²) in [4.78, 5) is 11.0. The Morgan fingerprint density at radius 3 is 2.47 bits per heavy atom. The van der Waals surface area contributed by atoms with Gasteiger partial charge in [0, 0.05) is 24.8 Å². The predicted octanol–water partition coefficient (Wildman–Crippen LogP) is 3.57. The number of aryl methyl sites for hydroxylation is 1. The summed E-state index contributed by atoms with van der Waals surface area (Å²) in [5.41, 5.74) is 4.20. The maximum Gasteiger partial charge on any atom is 0.221 e. The molecule has 0 atom stereocenters. The number of anilines is 2. The fourth-order valence-electron chi connectivity index (χ4n) is 1.90. The molecule has 2 N–H and O–H groups in total. The Labute approximate surface area is 113 Å². The zero-order valence-corrected chi connectivity index (χ0v) is 11.2. The molecule has 0 aliphatic carbocycles. The van der Waals surface area contributed by atoms with Gasteiger partial charge < -0.3 is 10.6 Å². The van der Waals surface area contributed by atoms with E-state index in [2.05, 4.69) is 22.8 Å². The van der Waals surface area contributed by atoms with Crippen LogP contribution >= 0.6 is 0 Å². The molecule has 0 aromatic heterocycles. The Morgan fingerprint density at radius 1 is 1.11 bits per heavy atom. The van der Waals surface area contributed by atoms with Gasteiger partial charge in [0.15, 0.2) is 0 Å². The molecule has 1 amide bonds. The lowest BCUT2D eigenvalue weighted by atomic mass is 10.1. The molecular weight excluding hydrogens is 236 g/mol. The molecular formula is C16H18N2O. The molecule has 98 valence electrons. The van der Waals surface area contributed by atoms with Crippen molar-refractivity contribution >= 4 is 17.3 Å². The first-order chi connectivity index (χ1) is 9.15. The molecule has 0 saturated carbocycles. The lowest BCUT2D eigenvalue weighted by Gasteiger charge is -2.11. The third kappa shape index (κ3) is 3.85. The molecule has 2 aromatic rings. The van der Waals surface area contributed by atoms with Gasteiger partial charge in [0.05, 0.1) is 0 Å². The van der Waals surface area contributed by atoms with E-state index in [4.69, 9.17) is 0 Å². The largest absolute Gasteiger partial charge is 0.381 e.